The normalized spacial score (nSPS) is 32.1. The van der Waals surface area contributed by atoms with E-state index in [-0.39, 0.29) is 5.60 Å². The van der Waals surface area contributed by atoms with Crippen molar-refractivity contribution in [1.29, 1.82) is 0 Å². The monoisotopic (exact) mass is 143 g/mol. The Hall–Kier alpha value is -0.0800. The topological polar surface area (TPSA) is 25.8 Å². The van der Waals surface area contributed by atoms with Gasteiger partial charge in [0, 0.05) is 12.8 Å². The van der Waals surface area contributed by atoms with Crippen LogP contribution in [0.25, 0.3) is 0 Å². The van der Waals surface area contributed by atoms with Crippen LogP contribution in [-0.2, 0) is 4.74 Å². The van der Waals surface area contributed by atoms with E-state index in [4.69, 9.17) is 4.74 Å². The summed E-state index contributed by atoms with van der Waals surface area (Å²) >= 11 is 0. The number of quaternary nitrogens is 1. The van der Waals surface area contributed by atoms with E-state index in [9.17, 15) is 0 Å². The van der Waals surface area contributed by atoms with Gasteiger partial charge in [-0.15, -0.1) is 0 Å². The lowest BCUT2D eigenvalue weighted by atomic mass is 9.94. The summed E-state index contributed by atoms with van der Waals surface area (Å²) in [5, 5.41) is 2.05. The second-order valence-corrected chi connectivity index (χ2v) is 3.60. The zero-order chi connectivity index (χ0) is 7.61. The van der Waals surface area contributed by atoms with Gasteiger partial charge in [0.1, 0.15) is 0 Å². The molecule has 1 aliphatic heterocycles. The molecule has 2 heteroatoms. The molecule has 0 amide bonds. The van der Waals surface area contributed by atoms with Crippen molar-refractivity contribution in [3.05, 3.63) is 7.05 Å². The van der Waals surface area contributed by atoms with Crippen LogP contribution in [0.2, 0.25) is 0 Å². The largest absolute Gasteiger partial charge is 0.476 e. The standard InChI is InChI=1S/C8H17NO/c1-8(2)6-7(9-3)4-5-10-8/h7H,3-6,9H2,1-2H3. The van der Waals surface area contributed by atoms with Gasteiger partial charge in [-0.25, -0.2) is 0 Å². The van der Waals surface area contributed by atoms with E-state index < -0.39 is 0 Å². The van der Waals surface area contributed by atoms with E-state index in [1.165, 1.54) is 0 Å². The summed E-state index contributed by atoms with van der Waals surface area (Å²) in [6, 6.07) is 0.670. The van der Waals surface area contributed by atoms with E-state index in [2.05, 4.69) is 20.9 Å². The molecule has 1 unspecified atom stereocenters. The first-order chi connectivity index (χ1) is 4.64. The maximum Gasteiger partial charge on any atom is 0.0682 e. The minimum absolute atomic E-state index is 0.0805. The lowest BCUT2D eigenvalue weighted by Crippen LogP contribution is -2.85. The number of ether oxygens (including phenoxy) is 1. The van der Waals surface area contributed by atoms with Crippen LogP contribution in [0.1, 0.15) is 26.7 Å². The summed E-state index contributed by atoms with van der Waals surface area (Å²) < 4.78 is 5.55. The quantitative estimate of drug-likeness (QED) is 0.525. The van der Waals surface area contributed by atoms with Crippen molar-refractivity contribution in [1.82, 2.24) is 0 Å². The second kappa shape index (κ2) is 2.89. The third-order valence-electron chi connectivity index (χ3n) is 2.07. The number of hydrogen-bond donors (Lipinski definition) is 1. The molecule has 0 saturated carbocycles. The Balaban J connectivity index is 2.40. The van der Waals surface area contributed by atoms with Gasteiger partial charge in [0.15, 0.2) is 0 Å². The molecule has 2 nitrogen and oxygen atoms in total. The zero-order valence-corrected chi connectivity index (χ0v) is 6.89. The highest BCUT2D eigenvalue weighted by Crippen LogP contribution is 2.21. The number of hydrogen-bond acceptors (Lipinski definition) is 1. The summed E-state index contributed by atoms with van der Waals surface area (Å²) in [5.74, 6) is 0. The van der Waals surface area contributed by atoms with Crippen molar-refractivity contribution in [2.75, 3.05) is 6.61 Å². The van der Waals surface area contributed by atoms with Crippen LogP contribution in [0.4, 0.5) is 0 Å². The smallest absolute Gasteiger partial charge is 0.0682 e. The van der Waals surface area contributed by atoms with Crippen LogP contribution in [0.15, 0.2) is 0 Å². The molecule has 0 aromatic carbocycles. The summed E-state index contributed by atoms with van der Waals surface area (Å²) in [6.07, 6.45) is 2.27. The van der Waals surface area contributed by atoms with Gasteiger partial charge in [0.2, 0.25) is 0 Å². The van der Waals surface area contributed by atoms with Gasteiger partial charge in [0.25, 0.3) is 0 Å². The number of nitrogens with two attached hydrogens (primary N) is 1. The Bertz CT molecular complexity index is 112. The third-order valence-corrected chi connectivity index (χ3v) is 2.07. The SMILES string of the molecule is [CH2-][NH2+]C1CCOC(C)(C)C1. The van der Waals surface area contributed by atoms with E-state index >= 15 is 0 Å². The molecule has 0 spiro atoms. The maximum atomic E-state index is 5.55. The highest BCUT2D eigenvalue weighted by Gasteiger charge is 2.28. The Morgan fingerprint density at radius 3 is 2.70 bits per heavy atom. The molecule has 1 heterocycles. The fourth-order valence-corrected chi connectivity index (χ4v) is 1.48. The van der Waals surface area contributed by atoms with Gasteiger partial charge < -0.3 is 10.1 Å². The fourth-order valence-electron chi connectivity index (χ4n) is 1.48. The average Bonchev–Trinajstić information content (AvgIpc) is 1.86. The van der Waals surface area contributed by atoms with Crippen molar-refractivity contribution in [3.63, 3.8) is 0 Å². The van der Waals surface area contributed by atoms with Crippen LogP contribution in [0.3, 0.4) is 0 Å². The Morgan fingerprint density at radius 1 is 1.60 bits per heavy atom. The molecule has 0 aromatic heterocycles. The maximum absolute atomic E-state index is 5.55. The second-order valence-electron chi connectivity index (χ2n) is 3.60. The predicted molar refractivity (Wildman–Crippen MR) is 40.3 cm³/mol. The van der Waals surface area contributed by atoms with Gasteiger partial charge in [0.05, 0.1) is 18.2 Å². The zero-order valence-electron chi connectivity index (χ0n) is 6.89. The molecule has 1 fully saturated rings. The molecule has 10 heavy (non-hydrogen) atoms. The summed E-state index contributed by atoms with van der Waals surface area (Å²) in [7, 11) is 3.79. The van der Waals surface area contributed by atoms with E-state index in [1.807, 2.05) is 5.32 Å². The van der Waals surface area contributed by atoms with Gasteiger partial charge in [-0.2, -0.15) is 7.05 Å². The molecule has 60 valence electrons. The molecular weight excluding hydrogens is 126 g/mol. The lowest BCUT2D eigenvalue weighted by Gasteiger charge is -2.34. The van der Waals surface area contributed by atoms with Gasteiger partial charge in [-0.05, 0) is 13.8 Å². The highest BCUT2D eigenvalue weighted by molar-refractivity contribution is 4.77. The van der Waals surface area contributed by atoms with Crippen LogP contribution in [-0.4, -0.2) is 18.2 Å². The molecule has 0 aromatic rings. The van der Waals surface area contributed by atoms with Crippen molar-refractivity contribution in [3.8, 4) is 0 Å². The van der Waals surface area contributed by atoms with Crippen molar-refractivity contribution in [2.24, 2.45) is 0 Å². The first-order valence-electron chi connectivity index (χ1n) is 3.90. The van der Waals surface area contributed by atoms with Crippen molar-refractivity contribution >= 4 is 0 Å². The molecule has 1 saturated heterocycles. The summed E-state index contributed by atoms with van der Waals surface area (Å²) in [4.78, 5) is 0. The molecular formula is C8H17NO. The van der Waals surface area contributed by atoms with Crippen LogP contribution >= 0.6 is 0 Å². The molecule has 0 bridgehead atoms. The Kier molecular flexibility index (Phi) is 2.32. The predicted octanol–water partition coefficient (Wildman–Crippen LogP) is 0.299. The van der Waals surface area contributed by atoms with Gasteiger partial charge in [-0.3, -0.25) is 0 Å². The molecule has 1 atom stereocenters. The van der Waals surface area contributed by atoms with E-state index in [0.29, 0.717) is 6.04 Å². The molecule has 2 N–H and O–H groups in total. The van der Waals surface area contributed by atoms with Crippen LogP contribution in [0.5, 0.6) is 0 Å². The van der Waals surface area contributed by atoms with E-state index in [0.717, 1.165) is 19.4 Å². The first kappa shape index (κ1) is 8.02. The van der Waals surface area contributed by atoms with Crippen molar-refractivity contribution in [2.45, 2.75) is 38.3 Å². The first-order valence-corrected chi connectivity index (χ1v) is 3.90. The van der Waals surface area contributed by atoms with Crippen LogP contribution in [0, 0.1) is 7.05 Å². The Labute approximate surface area is 63.0 Å². The molecule has 0 aliphatic carbocycles. The highest BCUT2D eigenvalue weighted by atomic mass is 16.5. The summed E-state index contributed by atoms with van der Waals surface area (Å²) in [6.45, 7) is 5.18. The molecule has 1 rings (SSSR count). The fraction of sp³-hybridized carbons (Fsp3) is 0.875. The minimum atomic E-state index is 0.0805. The van der Waals surface area contributed by atoms with Crippen LogP contribution < -0.4 is 5.32 Å². The third kappa shape index (κ3) is 1.96. The molecule has 1 aliphatic rings. The van der Waals surface area contributed by atoms with Gasteiger partial charge in [-0.1, -0.05) is 0 Å². The van der Waals surface area contributed by atoms with E-state index in [1.54, 1.807) is 0 Å². The molecule has 0 radical (unpaired) electrons. The summed E-state index contributed by atoms with van der Waals surface area (Å²) in [5.41, 5.74) is 0.0805. The Morgan fingerprint density at radius 2 is 2.30 bits per heavy atom. The minimum Gasteiger partial charge on any atom is -0.476 e. The number of rotatable bonds is 1. The lowest BCUT2D eigenvalue weighted by molar-refractivity contribution is -0.641. The van der Waals surface area contributed by atoms with Crippen molar-refractivity contribution < 1.29 is 10.1 Å². The average molecular weight is 143 g/mol. The van der Waals surface area contributed by atoms with Gasteiger partial charge >= 0.3 is 0 Å².